The second-order valence-electron chi connectivity index (χ2n) is 5.19. The largest absolute Gasteiger partial charge is 0.388 e. The van der Waals surface area contributed by atoms with Crippen LogP contribution in [0.4, 0.5) is 5.95 Å². The van der Waals surface area contributed by atoms with Gasteiger partial charge in [-0.05, 0) is 38.7 Å². The van der Waals surface area contributed by atoms with E-state index in [0.717, 1.165) is 18.2 Å². The van der Waals surface area contributed by atoms with Crippen LogP contribution in [0.1, 0.15) is 50.4 Å². The second kappa shape index (κ2) is 6.28. The number of thiocarbonyl (C=S) groups is 1. The SMILES string of the molecule is CCCC1CCCCN1c1nc(C)cc(C(N)=S)n1. The fraction of sp³-hybridized carbons (Fsp3) is 0.643. The lowest BCUT2D eigenvalue weighted by Crippen LogP contribution is -2.41. The number of hydrogen-bond acceptors (Lipinski definition) is 4. The Morgan fingerprint density at radius 3 is 2.95 bits per heavy atom. The maximum absolute atomic E-state index is 5.70. The predicted octanol–water partition coefficient (Wildman–Crippen LogP) is 2.58. The zero-order valence-corrected chi connectivity index (χ0v) is 12.5. The Balaban J connectivity index is 2.30. The highest BCUT2D eigenvalue weighted by Crippen LogP contribution is 2.25. The van der Waals surface area contributed by atoms with Gasteiger partial charge >= 0.3 is 0 Å². The fourth-order valence-corrected chi connectivity index (χ4v) is 2.81. The minimum atomic E-state index is 0.343. The lowest BCUT2D eigenvalue weighted by Gasteiger charge is -2.36. The van der Waals surface area contributed by atoms with Crippen LogP contribution in [0.5, 0.6) is 0 Å². The Hall–Kier alpha value is -1.23. The van der Waals surface area contributed by atoms with Crippen molar-refractivity contribution >= 4 is 23.2 Å². The summed E-state index contributed by atoms with van der Waals surface area (Å²) in [5.41, 5.74) is 7.30. The summed E-state index contributed by atoms with van der Waals surface area (Å²) in [6.07, 6.45) is 6.12. The topological polar surface area (TPSA) is 55.0 Å². The van der Waals surface area contributed by atoms with E-state index >= 15 is 0 Å². The van der Waals surface area contributed by atoms with Crippen LogP contribution in [0.15, 0.2) is 6.07 Å². The molecule has 0 saturated carbocycles. The van der Waals surface area contributed by atoms with E-state index in [9.17, 15) is 0 Å². The quantitative estimate of drug-likeness (QED) is 0.858. The van der Waals surface area contributed by atoms with Crippen molar-refractivity contribution in [3.05, 3.63) is 17.5 Å². The Labute approximate surface area is 120 Å². The summed E-state index contributed by atoms with van der Waals surface area (Å²) < 4.78 is 0. The second-order valence-corrected chi connectivity index (χ2v) is 5.63. The summed E-state index contributed by atoms with van der Waals surface area (Å²) in [4.78, 5) is 11.8. The monoisotopic (exact) mass is 278 g/mol. The molecular formula is C14H22N4S. The molecule has 0 spiro atoms. The minimum Gasteiger partial charge on any atom is -0.388 e. The van der Waals surface area contributed by atoms with Gasteiger partial charge in [0.1, 0.15) is 10.7 Å². The van der Waals surface area contributed by atoms with Gasteiger partial charge in [-0.15, -0.1) is 0 Å². The lowest BCUT2D eigenvalue weighted by atomic mass is 9.99. The molecule has 5 heteroatoms. The summed E-state index contributed by atoms with van der Waals surface area (Å²) in [5.74, 6) is 0.793. The van der Waals surface area contributed by atoms with Gasteiger partial charge in [0.2, 0.25) is 5.95 Å². The number of rotatable bonds is 4. The van der Waals surface area contributed by atoms with Crippen LogP contribution in [0.25, 0.3) is 0 Å². The van der Waals surface area contributed by atoms with Gasteiger partial charge < -0.3 is 10.6 Å². The van der Waals surface area contributed by atoms with Crippen molar-refractivity contribution in [1.82, 2.24) is 9.97 Å². The van der Waals surface area contributed by atoms with Gasteiger partial charge in [-0.25, -0.2) is 9.97 Å². The van der Waals surface area contributed by atoms with Crippen LogP contribution < -0.4 is 10.6 Å². The number of nitrogens with two attached hydrogens (primary N) is 1. The Morgan fingerprint density at radius 2 is 2.26 bits per heavy atom. The first-order valence-electron chi connectivity index (χ1n) is 7.04. The summed E-state index contributed by atoms with van der Waals surface area (Å²) in [5, 5.41) is 0. The molecule has 1 aromatic heterocycles. The van der Waals surface area contributed by atoms with Gasteiger partial charge in [0.15, 0.2) is 0 Å². The number of hydrogen-bond donors (Lipinski definition) is 1. The smallest absolute Gasteiger partial charge is 0.226 e. The molecule has 1 aliphatic rings. The first kappa shape index (κ1) is 14.2. The number of aromatic nitrogens is 2. The molecule has 0 bridgehead atoms. The van der Waals surface area contributed by atoms with Gasteiger partial charge in [-0.1, -0.05) is 25.6 Å². The van der Waals surface area contributed by atoms with Crippen LogP contribution in [0.3, 0.4) is 0 Å². The molecule has 2 heterocycles. The maximum Gasteiger partial charge on any atom is 0.226 e. The van der Waals surface area contributed by atoms with E-state index < -0.39 is 0 Å². The molecule has 0 aromatic carbocycles. The average Bonchev–Trinajstić information content (AvgIpc) is 2.39. The van der Waals surface area contributed by atoms with Gasteiger partial charge in [0, 0.05) is 18.3 Å². The Bertz CT molecular complexity index is 459. The third kappa shape index (κ3) is 3.41. The van der Waals surface area contributed by atoms with Crippen LogP contribution in [-0.2, 0) is 0 Å². The van der Waals surface area contributed by atoms with Gasteiger partial charge in [0.25, 0.3) is 0 Å². The molecule has 1 aliphatic heterocycles. The van der Waals surface area contributed by atoms with E-state index in [2.05, 4.69) is 21.8 Å². The molecule has 4 nitrogen and oxygen atoms in total. The van der Waals surface area contributed by atoms with E-state index in [-0.39, 0.29) is 0 Å². The molecule has 1 aromatic rings. The molecule has 0 radical (unpaired) electrons. The Morgan fingerprint density at radius 1 is 1.47 bits per heavy atom. The van der Waals surface area contributed by atoms with Crippen molar-refractivity contribution < 1.29 is 0 Å². The van der Waals surface area contributed by atoms with E-state index in [4.69, 9.17) is 18.0 Å². The molecule has 1 saturated heterocycles. The van der Waals surface area contributed by atoms with Crippen LogP contribution in [0, 0.1) is 6.92 Å². The molecular weight excluding hydrogens is 256 g/mol. The van der Waals surface area contributed by atoms with Crippen LogP contribution in [-0.4, -0.2) is 27.5 Å². The van der Waals surface area contributed by atoms with Crippen molar-refractivity contribution in [2.75, 3.05) is 11.4 Å². The number of nitrogens with zero attached hydrogens (tertiary/aromatic N) is 3. The van der Waals surface area contributed by atoms with Crippen LogP contribution >= 0.6 is 12.2 Å². The predicted molar refractivity (Wildman–Crippen MR) is 82.5 cm³/mol. The van der Waals surface area contributed by atoms with Crippen molar-refractivity contribution in [2.45, 2.75) is 52.0 Å². The third-order valence-corrected chi connectivity index (χ3v) is 3.81. The summed E-state index contributed by atoms with van der Waals surface area (Å²) in [6.45, 7) is 5.22. The highest BCUT2D eigenvalue weighted by molar-refractivity contribution is 7.80. The van der Waals surface area contributed by atoms with Crippen molar-refractivity contribution in [3.63, 3.8) is 0 Å². The maximum atomic E-state index is 5.70. The fourth-order valence-electron chi connectivity index (χ4n) is 2.70. The number of aryl methyl sites for hydroxylation is 1. The van der Waals surface area contributed by atoms with Gasteiger partial charge in [-0.3, -0.25) is 0 Å². The van der Waals surface area contributed by atoms with Crippen molar-refractivity contribution in [3.8, 4) is 0 Å². The molecule has 104 valence electrons. The van der Waals surface area contributed by atoms with Crippen LogP contribution in [0.2, 0.25) is 0 Å². The van der Waals surface area contributed by atoms with E-state index in [1.54, 1.807) is 0 Å². The first-order chi connectivity index (χ1) is 9.11. The molecule has 1 unspecified atom stereocenters. The van der Waals surface area contributed by atoms with Gasteiger partial charge in [-0.2, -0.15) is 0 Å². The zero-order valence-electron chi connectivity index (χ0n) is 11.7. The number of piperidine rings is 1. The van der Waals surface area contributed by atoms with Gasteiger partial charge in [0.05, 0.1) is 0 Å². The Kier molecular flexibility index (Phi) is 4.69. The minimum absolute atomic E-state index is 0.343. The third-order valence-electron chi connectivity index (χ3n) is 3.60. The summed E-state index contributed by atoms with van der Waals surface area (Å²) >= 11 is 5.03. The van der Waals surface area contributed by atoms with E-state index in [1.165, 1.54) is 32.1 Å². The molecule has 19 heavy (non-hydrogen) atoms. The van der Waals surface area contributed by atoms with Crippen molar-refractivity contribution in [1.29, 1.82) is 0 Å². The highest BCUT2D eigenvalue weighted by Gasteiger charge is 2.24. The summed E-state index contributed by atoms with van der Waals surface area (Å²) in [7, 11) is 0. The zero-order chi connectivity index (χ0) is 13.8. The molecule has 2 rings (SSSR count). The molecule has 0 aliphatic carbocycles. The molecule has 0 amide bonds. The lowest BCUT2D eigenvalue weighted by molar-refractivity contribution is 0.428. The highest BCUT2D eigenvalue weighted by atomic mass is 32.1. The first-order valence-corrected chi connectivity index (χ1v) is 7.44. The molecule has 2 N–H and O–H groups in total. The number of anilines is 1. The average molecular weight is 278 g/mol. The van der Waals surface area contributed by atoms with E-state index in [0.29, 0.717) is 16.7 Å². The summed E-state index contributed by atoms with van der Waals surface area (Å²) in [6, 6.07) is 2.41. The molecule has 1 atom stereocenters. The van der Waals surface area contributed by atoms with Crippen molar-refractivity contribution in [2.24, 2.45) is 5.73 Å². The normalized spacial score (nSPS) is 19.5. The van der Waals surface area contributed by atoms with E-state index in [1.807, 2.05) is 13.0 Å². The molecule has 1 fully saturated rings. The standard InChI is InChI=1S/C14H22N4S/c1-3-6-11-7-4-5-8-18(11)14-16-10(2)9-12(17-14)13(15)19/h9,11H,3-8H2,1-2H3,(H2,15,19).